The molecule has 4 aromatic rings. The molecule has 1 saturated heterocycles. The maximum Gasteiger partial charge on any atom is 0.184 e. The highest BCUT2D eigenvalue weighted by molar-refractivity contribution is 5.83. The van der Waals surface area contributed by atoms with Crippen LogP contribution < -0.4 is 9.80 Å². The maximum atomic E-state index is 4.74. The normalized spacial score (nSPS) is 15.0. The van der Waals surface area contributed by atoms with E-state index in [1.54, 1.807) is 4.90 Å². The lowest BCUT2D eigenvalue weighted by atomic mass is 10.2. The Labute approximate surface area is 176 Å². The number of aryl methyl sites for hydroxylation is 1. The molecule has 0 atom stereocenters. The second kappa shape index (κ2) is 8.20. The molecule has 1 fully saturated rings. The fourth-order valence-corrected chi connectivity index (χ4v) is 4.13. The van der Waals surface area contributed by atoms with Gasteiger partial charge in [-0.15, -0.1) is 5.10 Å². The standard InChI is InChI=1S/C23H25N7/c1-18-24-22(29-14-12-28(13-15-29)16-19-8-4-2-5-9-19)21-23(25-18)30(27-26-21)17-20-10-6-3-7-11-20/h2-11H,12-17H2,1H3/p+1. The van der Waals surface area contributed by atoms with Crippen LogP contribution >= 0.6 is 0 Å². The first-order valence-electron chi connectivity index (χ1n) is 10.5. The van der Waals surface area contributed by atoms with Gasteiger partial charge < -0.3 is 9.80 Å². The van der Waals surface area contributed by atoms with E-state index < -0.39 is 0 Å². The molecule has 3 heterocycles. The van der Waals surface area contributed by atoms with Gasteiger partial charge in [0.15, 0.2) is 17.0 Å². The number of rotatable bonds is 5. The summed E-state index contributed by atoms with van der Waals surface area (Å²) in [5, 5.41) is 8.85. The number of hydrogen-bond donors (Lipinski definition) is 1. The summed E-state index contributed by atoms with van der Waals surface area (Å²) in [6, 6.07) is 21.0. The van der Waals surface area contributed by atoms with Crippen LogP contribution in [0.5, 0.6) is 0 Å². The van der Waals surface area contributed by atoms with Crippen molar-refractivity contribution < 1.29 is 4.90 Å². The molecular weight excluding hydrogens is 374 g/mol. The molecule has 0 radical (unpaired) electrons. The lowest BCUT2D eigenvalue weighted by molar-refractivity contribution is -0.914. The van der Waals surface area contributed by atoms with E-state index >= 15 is 0 Å². The topological polar surface area (TPSA) is 64.2 Å². The molecule has 1 N–H and O–H groups in total. The fourth-order valence-electron chi connectivity index (χ4n) is 4.13. The van der Waals surface area contributed by atoms with Gasteiger partial charge in [0.25, 0.3) is 0 Å². The Bertz CT molecular complexity index is 1120. The lowest BCUT2D eigenvalue weighted by Gasteiger charge is -2.33. The first kappa shape index (κ1) is 18.7. The zero-order chi connectivity index (χ0) is 20.3. The fraction of sp³-hybridized carbons (Fsp3) is 0.304. The quantitative estimate of drug-likeness (QED) is 0.550. The minimum atomic E-state index is 0.655. The van der Waals surface area contributed by atoms with Crippen molar-refractivity contribution in [3.05, 3.63) is 77.6 Å². The largest absolute Gasteiger partial charge is 0.343 e. The van der Waals surface area contributed by atoms with Crippen LogP contribution in [-0.2, 0) is 13.1 Å². The molecule has 2 aromatic carbocycles. The summed E-state index contributed by atoms with van der Waals surface area (Å²) in [6.07, 6.45) is 0. The zero-order valence-corrected chi connectivity index (χ0v) is 17.2. The highest BCUT2D eigenvalue weighted by Crippen LogP contribution is 2.22. The van der Waals surface area contributed by atoms with E-state index in [0.717, 1.165) is 55.5 Å². The van der Waals surface area contributed by atoms with Crippen LogP contribution in [0.15, 0.2) is 60.7 Å². The number of hydrogen-bond acceptors (Lipinski definition) is 5. The Morgan fingerprint density at radius 1 is 0.867 bits per heavy atom. The van der Waals surface area contributed by atoms with Gasteiger partial charge in [0.1, 0.15) is 12.4 Å². The lowest BCUT2D eigenvalue weighted by Crippen LogP contribution is -3.13. The Morgan fingerprint density at radius 2 is 1.53 bits per heavy atom. The van der Waals surface area contributed by atoms with Crippen molar-refractivity contribution >= 4 is 17.0 Å². The van der Waals surface area contributed by atoms with Gasteiger partial charge in [-0.2, -0.15) is 0 Å². The van der Waals surface area contributed by atoms with Gasteiger partial charge in [0, 0.05) is 5.56 Å². The molecule has 7 heteroatoms. The number of piperazine rings is 1. The second-order valence-corrected chi connectivity index (χ2v) is 7.90. The van der Waals surface area contributed by atoms with Crippen molar-refractivity contribution in [2.45, 2.75) is 20.0 Å². The highest BCUT2D eigenvalue weighted by Gasteiger charge is 2.25. The Balaban J connectivity index is 1.35. The first-order chi connectivity index (χ1) is 14.8. The molecule has 1 aliphatic heterocycles. The smallest absolute Gasteiger partial charge is 0.184 e. The van der Waals surface area contributed by atoms with Crippen LogP contribution in [0.3, 0.4) is 0 Å². The molecule has 152 valence electrons. The van der Waals surface area contributed by atoms with E-state index in [0.29, 0.717) is 6.54 Å². The molecule has 7 nitrogen and oxygen atoms in total. The average molecular weight is 401 g/mol. The monoisotopic (exact) mass is 400 g/mol. The second-order valence-electron chi connectivity index (χ2n) is 7.90. The summed E-state index contributed by atoms with van der Waals surface area (Å²) in [4.78, 5) is 13.3. The van der Waals surface area contributed by atoms with Gasteiger partial charge in [-0.05, 0) is 12.5 Å². The molecule has 0 bridgehead atoms. The van der Waals surface area contributed by atoms with Crippen molar-refractivity contribution in [3.63, 3.8) is 0 Å². The molecule has 2 aromatic heterocycles. The summed E-state index contributed by atoms with van der Waals surface area (Å²) < 4.78 is 1.87. The maximum absolute atomic E-state index is 4.74. The number of aromatic nitrogens is 5. The third-order valence-corrected chi connectivity index (χ3v) is 5.70. The first-order valence-corrected chi connectivity index (χ1v) is 10.5. The third-order valence-electron chi connectivity index (χ3n) is 5.70. The molecule has 0 unspecified atom stereocenters. The molecule has 5 rings (SSSR count). The van der Waals surface area contributed by atoms with E-state index in [1.807, 2.05) is 29.8 Å². The molecule has 0 spiro atoms. The number of anilines is 1. The summed E-state index contributed by atoms with van der Waals surface area (Å²) in [5.41, 5.74) is 4.17. The van der Waals surface area contributed by atoms with Gasteiger partial charge in [-0.3, -0.25) is 0 Å². The zero-order valence-electron chi connectivity index (χ0n) is 17.2. The number of quaternary nitrogens is 1. The van der Waals surface area contributed by atoms with Crippen LogP contribution in [0.2, 0.25) is 0 Å². The molecule has 30 heavy (non-hydrogen) atoms. The van der Waals surface area contributed by atoms with E-state index in [-0.39, 0.29) is 0 Å². The number of benzene rings is 2. The van der Waals surface area contributed by atoms with Gasteiger partial charge in [-0.25, -0.2) is 14.6 Å². The van der Waals surface area contributed by atoms with Gasteiger partial charge >= 0.3 is 0 Å². The Hall–Kier alpha value is -3.32. The van der Waals surface area contributed by atoms with E-state index in [4.69, 9.17) is 4.98 Å². The van der Waals surface area contributed by atoms with Crippen LogP contribution in [0.4, 0.5) is 5.82 Å². The van der Waals surface area contributed by atoms with Gasteiger partial charge in [0.2, 0.25) is 0 Å². The van der Waals surface area contributed by atoms with E-state index in [9.17, 15) is 0 Å². The average Bonchev–Trinajstić information content (AvgIpc) is 3.17. The predicted octanol–water partition coefficient (Wildman–Crippen LogP) is 1.48. The summed E-state index contributed by atoms with van der Waals surface area (Å²) in [7, 11) is 0. The highest BCUT2D eigenvalue weighted by atomic mass is 15.5. The number of fused-ring (bicyclic) bond motifs is 1. The molecule has 0 saturated carbocycles. The summed E-state index contributed by atoms with van der Waals surface area (Å²) >= 11 is 0. The van der Waals surface area contributed by atoms with Gasteiger partial charge in [0.05, 0.1) is 32.7 Å². The number of nitrogens with zero attached hydrogens (tertiary/aromatic N) is 6. The minimum absolute atomic E-state index is 0.655. The summed E-state index contributed by atoms with van der Waals surface area (Å²) in [5.74, 6) is 1.67. The van der Waals surface area contributed by atoms with Crippen LogP contribution in [0.25, 0.3) is 11.2 Å². The van der Waals surface area contributed by atoms with Crippen molar-refractivity contribution in [2.75, 3.05) is 31.1 Å². The molecule has 1 aliphatic rings. The van der Waals surface area contributed by atoms with Crippen molar-refractivity contribution in [2.24, 2.45) is 0 Å². The van der Waals surface area contributed by atoms with Crippen LogP contribution in [0, 0.1) is 6.92 Å². The molecular formula is C23H26N7+. The Morgan fingerprint density at radius 3 is 2.23 bits per heavy atom. The predicted molar refractivity (Wildman–Crippen MR) is 116 cm³/mol. The van der Waals surface area contributed by atoms with Crippen molar-refractivity contribution in [1.82, 2.24) is 25.0 Å². The third kappa shape index (κ3) is 3.89. The van der Waals surface area contributed by atoms with Crippen molar-refractivity contribution in [3.8, 4) is 0 Å². The van der Waals surface area contributed by atoms with E-state index in [1.165, 1.54) is 11.1 Å². The van der Waals surface area contributed by atoms with Crippen LogP contribution in [-0.4, -0.2) is 51.1 Å². The van der Waals surface area contributed by atoms with Crippen molar-refractivity contribution in [1.29, 1.82) is 0 Å². The SMILES string of the molecule is Cc1nc(N2CC[NH+](Cc3ccccc3)CC2)c2nnn(Cc3ccccc3)c2n1. The molecule has 0 aliphatic carbocycles. The number of nitrogens with one attached hydrogen (secondary N) is 1. The van der Waals surface area contributed by atoms with Gasteiger partial charge in [-0.1, -0.05) is 65.9 Å². The minimum Gasteiger partial charge on any atom is -0.343 e. The van der Waals surface area contributed by atoms with Crippen LogP contribution in [0.1, 0.15) is 17.0 Å². The summed E-state index contributed by atoms with van der Waals surface area (Å²) in [6.45, 7) is 7.75. The Kier molecular flexibility index (Phi) is 5.11. The molecule has 0 amide bonds. The van der Waals surface area contributed by atoms with E-state index in [2.05, 4.69) is 62.7 Å².